The van der Waals surface area contributed by atoms with Crippen molar-refractivity contribution in [1.29, 1.82) is 0 Å². The summed E-state index contributed by atoms with van der Waals surface area (Å²) in [6.07, 6.45) is 0. The van der Waals surface area contributed by atoms with Gasteiger partial charge in [0.05, 0.1) is 13.2 Å². The number of ether oxygens (including phenoxy) is 1. The van der Waals surface area contributed by atoms with Gasteiger partial charge < -0.3 is 15.2 Å². The number of nitrogens with one attached hydrogen (secondary N) is 1. The van der Waals surface area contributed by atoms with Gasteiger partial charge >= 0.3 is 0 Å². The zero-order valence-corrected chi connectivity index (χ0v) is 13.6. The van der Waals surface area contributed by atoms with Crippen molar-refractivity contribution in [3.05, 3.63) is 29.3 Å². The molecule has 4 heteroatoms. The number of rotatable bonds is 5. The molecule has 1 aliphatic heterocycles. The van der Waals surface area contributed by atoms with Crippen molar-refractivity contribution < 1.29 is 9.84 Å². The molecule has 4 nitrogen and oxygen atoms in total. The minimum Gasteiger partial charge on any atom is -0.508 e. The van der Waals surface area contributed by atoms with Gasteiger partial charge in [-0.2, -0.15) is 0 Å². The Balaban J connectivity index is 1.94. The van der Waals surface area contributed by atoms with Crippen molar-refractivity contribution in [1.82, 2.24) is 10.2 Å². The molecular formula is C17H28N2O2. The Morgan fingerprint density at radius 3 is 2.62 bits per heavy atom. The molecule has 2 rings (SSSR count). The third-order valence-corrected chi connectivity index (χ3v) is 4.36. The van der Waals surface area contributed by atoms with E-state index in [9.17, 15) is 5.11 Å². The molecule has 2 N–H and O–H groups in total. The van der Waals surface area contributed by atoms with Crippen molar-refractivity contribution in [3.63, 3.8) is 0 Å². The lowest BCUT2D eigenvalue weighted by atomic mass is 10.00. The molecule has 1 atom stereocenters. The Hall–Kier alpha value is -1.10. The predicted octanol–water partition coefficient (Wildman–Crippen LogP) is 2.46. The molecule has 0 saturated carbocycles. The summed E-state index contributed by atoms with van der Waals surface area (Å²) in [6, 6.07) is 6.00. The molecule has 1 unspecified atom stereocenters. The lowest BCUT2D eigenvalue weighted by molar-refractivity contribution is -0.0102. The summed E-state index contributed by atoms with van der Waals surface area (Å²) < 4.78 is 5.42. The first-order valence-electron chi connectivity index (χ1n) is 7.76. The second-order valence-electron chi connectivity index (χ2n) is 6.58. The topological polar surface area (TPSA) is 44.7 Å². The van der Waals surface area contributed by atoms with Crippen LogP contribution >= 0.6 is 0 Å². The number of hydrogen-bond donors (Lipinski definition) is 2. The molecule has 1 fully saturated rings. The van der Waals surface area contributed by atoms with E-state index in [1.165, 1.54) is 0 Å². The highest BCUT2D eigenvalue weighted by Gasteiger charge is 2.28. The van der Waals surface area contributed by atoms with Crippen LogP contribution in [0.1, 0.15) is 37.9 Å². The highest BCUT2D eigenvalue weighted by atomic mass is 16.5. The first-order chi connectivity index (χ1) is 9.90. The molecule has 0 amide bonds. The van der Waals surface area contributed by atoms with Crippen LogP contribution in [0.3, 0.4) is 0 Å². The van der Waals surface area contributed by atoms with Gasteiger partial charge in [-0.25, -0.2) is 0 Å². The Morgan fingerprint density at radius 2 is 2.00 bits per heavy atom. The van der Waals surface area contributed by atoms with Gasteiger partial charge in [-0.05, 0) is 39.3 Å². The van der Waals surface area contributed by atoms with E-state index >= 15 is 0 Å². The number of phenolic OH excluding ortho intramolecular Hbond substituents is 1. The fourth-order valence-electron chi connectivity index (χ4n) is 2.81. The summed E-state index contributed by atoms with van der Waals surface area (Å²) in [5.74, 6) is 0.374. The lowest BCUT2D eigenvalue weighted by Crippen LogP contribution is -2.54. The van der Waals surface area contributed by atoms with Gasteiger partial charge in [-0.15, -0.1) is 0 Å². The van der Waals surface area contributed by atoms with Gasteiger partial charge in [-0.1, -0.05) is 12.1 Å². The van der Waals surface area contributed by atoms with Gasteiger partial charge in [0.2, 0.25) is 0 Å². The van der Waals surface area contributed by atoms with Crippen molar-refractivity contribution in [2.45, 2.75) is 39.3 Å². The van der Waals surface area contributed by atoms with Crippen molar-refractivity contribution in [2.24, 2.45) is 0 Å². The van der Waals surface area contributed by atoms with Crippen LogP contribution < -0.4 is 5.32 Å². The largest absolute Gasteiger partial charge is 0.508 e. The Labute approximate surface area is 128 Å². The summed E-state index contributed by atoms with van der Waals surface area (Å²) in [4.78, 5) is 2.46. The summed E-state index contributed by atoms with van der Waals surface area (Å²) in [5.41, 5.74) is 2.12. The SMILES string of the molecule is Cc1ccc(C(C)NCC(C)(C)N2CCOCC2)c(O)c1. The molecule has 0 bridgehead atoms. The number of aromatic hydroxyl groups is 1. The van der Waals surface area contributed by atoms with E-state index in [1.54, 1.807) is 0 Å². The average Bonchev–Trinajstić information content (AvgIpc) is 2.46. The molecule has 0 radical (unpaired) electrons. The summed E-state index contributed by atoms with van der Waals surface area (Å²) in [7, 11) is 0. The van der Waals surface area contributed by atoms with Crippen LogP contribution in [0.25, 0.3) is 0 Å². The number of phenols is 1. The maximum atomic E-state index is 10.1. The second-order valence-corrected chi connectivity index (χ2v) is 6.58. The van der Waals surface area contributed by atoms with Crippen LogP contribution in [0.2, 0.25) is 0 Å². The summed E-state index contributed by atoms with van der Waals surface area (Å²) in [5, 5.41) is 13.6. The minimum atomic E-state index is 0.0817. The fourth-order valence-corrected chi connectivity index (χ4v) is 2.81. The highest BCUT2D eigenvalue weighted by molar-refractivity contribution is 5.37. The Bertz CT molecular complexity index is 468. The summed E-state index contributed by atoms with van der Waals surface area (Å²) in [6.45, 7) is 13.1. The van der Waals surface area contributed by atoms with Crippen LogP contribution in [0.4, 0.5) is 0 Å². The predicted molar refractivity (Wildman–Crippen MR) is 85.7 cm³/mol. The molecular weight excluding hydrogens is 264 g/mol. The molecule has 1 heterocycles. The van der Waals surface area contributed by atoms with Crippen molar-refractivity contribution in [2.75, 3.05) is 32.8 Å². The van der Waals surface area contributed by atoms with E-state index in [2.05, 4.69) is 31.0 Å². The molecule has 1 aromatic rings. The van der Waals surface area contributed by atoms with E-state index in [-0.39, 0.29) is 11.6 Å². The molecule has 1 aliphatic rings. The second kappa shape index (κ2) is 6.77. The molecule has 0 spiro atoms. The molecule has 0 aliphatic carbocycles. The van der Waals surface area contributed by atoms with Crippen LogP contribution in [-0.2, 0) is 4.74 Å². The van der Waals surface area contributed by atoms with Crippen LogP contribution in [0, 0.1) is 6.92 Å². The van der Waals surface area contributed by atoms with Crippen LogP contribution in [0.15, 0.2) is 18.2 Å². The highest BCUT2D eigenvalue weighted by Crippen LogP contribution is 2.25. The smallest absolute Gasteiger partial charge is 0.120 e. The molecule has 0 aromatic heterocycles. The Morgan fingerprint density at radius 1 is 1.33 bits per heavy atom. The van der Waals surface area contributed by atoms with E-state index in [0.717, 1.165) is 44.0 Å². The maximum Gasteiger partial charge on any atom is 0.120 e. The van der Waals surface area contributed by atoms with E-state index < -0.39 is 0 Å². The van der Waals surface area contributed by atoms with Crippen LogP contribution in [0.5, 0.6) is 5.75 Å². The van der Waals surface area contributed by atoms with E-state index in [0.29, 0.717) is 5.75 Å². The van der Waals surface area contributed by atoms with E-state index in [1.807, 2.05) is 25.1 Å². The van der Waals surface area contributed by atoms with E-state index in [4.69, 9.17) is 4.74 Å². The molecule has 1 saturated heterocycles. The Kier molecular flexibility index (Phi) is 5.25. The van der Waals surface area contributed by atoms with Gasteiger partial charge in [0, 0.05) is 36.8 Å². The number of morpholine rings is 1. The number of benzene rings is 1. The summed E-state index contributed by atoms with van der Waals surface area (Å²) >= 11 is 0. The standard InChI is InChI=1S/C17H28N2O2/c1-13-5-6-15(16(20)11-13)14(2)18-12-17(3,4)19-7-9-21-10-8-19/h5-6,11,14,18,20H,7-10,12H2,1-4H3. The molecule has 118 valence electrons. The molecule has 21 heavy (non-hydrogen) atoms. The zero-order chi connectivity index (χ0) is 15.5. The van der Waals surface area contributed by atoms with Gasteiger partial charge in [0.15, 0.2) is 0 Å². The fraction of sp³-hybridized carbons (Fsp3) is 0.647. The van der Waals surface area contributed by atoms with Gasteiger partial charge in [-0.3, -0.25) is 4.90 Å². The number of hydrogen-bond acceptors (Lipinski definition) is 4. The first-order valence-corrected chi connectivity index (χ1v) is 7.76. The first kappa shape index (κ1) is 16.3. The average molecular weight is 292 g/mol. The quantitative estimate of drug-likeness (QED) is 0.875. The lowest BCUT2D eigenvalue weighted by Gasteiger charge is -2.41. The minimum absolute atomic E-state index is 0.0817. The number of nitrogens with zero attached hydrogens (tertiary/aromatic N) is 1. The molecule has 1 aromatic carbocycles. The van der Waals surface area contributed by atoms with Crippen molar-refractivity contribution >= 4 is 0 Å². The van der Waals surface area contributed by atoms with Gasteiger partial charge in [0.25, 0.3) is 0 Å². The zero-order valence-electron chi connectivity index (χ0n) is 13.6. The van der Waals surface area contributed by atoms with Crippen LogP contribution in [-0.4, -0.2) is 48.4 Å². The third kappa shape index (κ3) is 4.19. The van der Waals surface area contributed by atoms with Gasteiger partial charge in [0.1, 0.15) is 5.75 Å². The monoisotopic (exact) mass is 292 g/mol. The number of aryl methyl sites for hydroxylation is 1. The maximum absolute atomic E-state index is 10.1. The van der Waals surface area contributed by atoms with Crippen molar-refractivity contribution in [3.8, 4) is 5.75 Å². The normalized spacial score (nSPS) is 18.7. The third-order valence-electron chi connectivity index (χ3n) is 4.36.